The number of rotatable bonds is 10. The zero-order valence-electron chi connectivity index (χ0n) is 20.2. The molecule has 1 aromatic heterocycles. The molecule has 0 fully saturated rings. The van der Waals surface area contributed by atoms with Crippen molar-refractivity contribution in [2.75, 3.05) is 12.3 Å². The largest absolute Gasteiger partial charge is 0.494 e. The van der Waals surface area contributed by atoms with Gasteiger partial charge in [0.2, 0.25) is 0 Å². The van der Waals surface area contributed by atoms with Gasteiger partial charge in [-0.1, -0.05) is 99.3 Å². The van der Waals surface area contributed by atoms with Crippen molar-refractivity contribution < 1.29 is 4.74 Å². The molecule has 0 saturated carbocycles. The lowest BCUT2D eigenvalue weighted by atomic mass is 9.97. The van der Waals surface area contributed by atoms with Crippen LogP contribution in [0.4, 0.5) is 5.82 Å². The van der Waals surface area contributed by atoms with E-state index in [1.807, 2.05) is 60.7 Å². The Labute approximate surface area is 208 Å². The Kier molecular flexibility index (Phi) is 8.14. The Morgan fingerprint density at radius 3 is 2.09 bits per heavy atom. The van der Waals surface area contributed by atoms with Gasteiger partial charge in [-0.2, -0.15) is 5.26 Å². The molecule has 0 spiro atoms. The summed E-state index contributed by atoms with van der Waals surface area (Å²) in [6, 6.07) is 30.5. The molecule has 0 atom stereocenters. The smallest absolute Gasteiger partial charge is 0.142 e. The SMILES string of the molecule is CCCCCCCOc1ccc(-c2cc(-c3ccc(-c4ccccc4)cc3)nc(N)c2C#N)cc1. The predicted molar refractivity (Wildman–Crippen MR) is 144 cm³/mol. The number of hydrogen-bond donors (Lipinski definition) is 1. The van der Waals surface area contributed by atoms with Crippen molar-refractivity contribution in [3.63, 3.8) is 0 Å². The van der Waals surface area contributed by atoms with Crippen LogP contribution in [-0.2, 0) is 0 Å². The highest BCUT2D eigenvalue weighted by Crippen LogP contribution is 2.33. The fraction of sp³-hybridized carbons (Fsp3) is 0.226. The van der Waals surface area contributed by atoms with Crippen LogP contribution in [0.2, 0.25) is 0 Å². The van der Waals surface area contributed by atoms with Gasteiger partial charge >= 0.3 is 0 Å². The van der Waals surface area contributed by atoms with Crippen LogP contribution in [0.25, 0.3) is 33.5 Å². The average molecular weight is 462 g/mol. The second-order valence-electron chi connectivity index (χ2n) is 8.66. The van der Waals surface area contributed by atoms with Crippen molar-refractivity contribution in [3.05, 3.63) is 90.5 Å². The lowest BCUT2D eigenvalue weighted by Gasteiger charge is -2.12. The average Bonchev–Trinajstić information content (AvgIpc) is 2.91. The maximum Gasteiger partial charge on any atom is 0.142 e. The van der Waals surface area contributed by atoms with E-state index in [1.165, 1.54) is 25.7 Å². The monoisotopic (exact) mass is 461 g/mol. The predicted octanol–water partition coefficient (Wildman–Crippen LogP) is 7.89. The number of nitrogens with zero attached hydrogens (tertiary/aromatic N) is 2. The fourth-order valence-electron chi connectivity index (χ4n) is 4.15. The number of ether oxygens (including phenoxy) is 1. The molecule has 2 N–H and O–H groups in total. The third-order valence-corrected chi connectivity index (χ3v) is 6.13. The van der Waals surface area contributed by atoms with E-state index in [9.17, 15) is 5.26 Å². The first-order chi connectivity index (χ1) is 17.2. The van der Waals surface area contributed by atoms with E-state index in [0.29, 0.717) is 5.56 Å². The van der Waals surface area contributed by atoms with Gasteiger partial charge in [0.15, 0.2) is 0 Å². The van der Waals surface area contributed by atoms with Crippen LogP contribution in [0.1, 0.15) is 44.6 Å². The number of nitriles is 1. The molecule has 0 saturated heterocycles. The van der Waals surface area contributed by atoms with Gasteiger partial charge in [-0.25, -0.2) is 4.98 Å². The summed E-state index contributed by atoms with van der Waals surface area (Å²) in [5.41, 5.74) is 12.3. The third-order valence-electron chi connectivity index (χ3n) is 6.13. The van der Waals surface area contributed by atoms with E-state index in [0.717, 1.165) is 52.3 Å². The molecule has 176 valence electrons. The molecule has 3 aromatic carbocycles. The Bertz CT molecular complexity index is 1270. The summed E-state index contributed by atoms with van der Waals surface area (Å²) in [5.74, 6) is 1.07. The third kappa shape index (κ3) is 6.07. The van der Waals surface area contributed by atoms with Crippen molar-refractivity contribution in [3.8, 4) is 45.3 Å². The van der Waals surface area contributed by atoms with Crippen molar-refractivity contribution >= 4 is 5.82 Å². The number of anilines is 1. The number of nitrogen functional groups attached to an aromatic ring is 1. The van der Waals surface area contributed by atoms with Gasteiger partial charge < -0.3 is 10.5 Å². The van der Waals surface area contributed by atoms with E-state index in [1.54, 1.807) is 0 Å². The van der Waals surface area contributed by atoms with Gasteiger partial charge in [-0.3, -0.25) is 0 Å². The van der Waals surface area contributed by atoms with E-state index in [2.05, 4.69) is 42.2 Å². The maximum atomic E-state index is 9.75. The zero-order chi connectivity index (χ0) is 24.5. The summed E-state index contributed by atoms with van der Waals surface area (Å²) < 4.78 is 5.90. The Balaban J connectivity index is 1.54. The van der Waals surface area contributed by atoms with Crippen LogP contribution in [0, 0.1) is 11.3 Å². The minimum absolute atomic E-state index is 0.236. The van der Waals surface area contributed by atoms with Gasteiger partial charge in [0.1, 0.15) is 23.2 Å². The molecule has 0 amide bonds. The Hall–Kier alpha value is -4.10. The first-order valence-corrected chi connectivity index (χ1v) is 12.3. The second kappa shape index (κ2) is 11.9. The van der Waals surface area contributed by atoms with E-state index < -0.39 is 0 Å². The van der Waals surface area contributed by atoms with Crippen molar-refractivity contribution in [2.24, 2.45) is 0 Å². The van der Waals surface area contributed by atoms with Crippen LogP contribution in [0.15, 0.2) is 84.9 Å². The summed E-state index contributed by atoms with van der Waals surface area (Å²) in [7, 11) is 0. The summed E-state index contributed by atoms with van der Waals surface area (Å²) >= 11 is 0. The summed E-state index contributed by atoms with van der Waals surface area (Å²) in [4.78, 5) is 4.52. The molecule has 0 radical (unpaired) electrons. The lowest BCUT2D eigenvalue weighted by molar-refractivity contribution is 0.304. The standard InChI is InChI=1S/C31H31N3O/c1-2-3-4-5-9-20-35-27-18-16-25(17-19-27)28-21-30(34-31(33)29(28)22-32)26-14-12-24(13-15-26)23-10-7-6-8-11-23/h6-8,10-19,21H,2-5,9,20H2,1H3,(H2,33,34). The van der Waals surface area contributed by atoms with Gasteiger partial charge in [-0.15, -0.1) is 0 Å². The molecule has 4 nitrogen and oxygen atoms in total. The summed E-state index contributed by atoms with van der Waals surface area (Å²) in [6.07, 6.45) is 6.05. The van der Waals surface area contributed by atoms with Crippen molar-refractivity contribution in [2.45, 2.75) is 39.0 Å². The van der Waals surface area contributed by atoms with Crippen LogP contribution in [0.5, 0.6) is 5.75 Å². The highest BCUT2D eigenvalue weighted by Gasteiger charge is 2.14. The molecule has 4 heteroatoms. The van der Waals surface area contributed by atoms with E-state index >= 15 is 0 Å². The molecular formula is C31H31N3O. The molecule has 0 aliphatic rings. The normalized spacial score (nSPS) is 10.6. The number of nitrogens with two attached hydrogens (primary N) is 1. The molecule has 4 rings (SSSR count). The van der Waals surface area contributed by atoms with Crippen molar-refractivity contribution in [1.29, 1.82) is 5.26 Å². The molecule has 4 aromatic rings. The molecule has 35 heavy (non-hydrogen) atoms. The highest BCUT2D eigenvalue weighted by molar-refractivity contribution is 5.81. The minimum atomic E-state index is 0.236. The number of hydrogen-bond acceptors (Lipinski definition) is 4. The molecular weight excluding hydrogens is 430 g/mol. The zero-order valence-corrected chi connectivity index (χ0v) is 20.2. The van der Waals surface area contributed by atoms with Crippen LogP contribution >= 0.6 is 0 Å². The topological polar surface area (TPSA) is 71.9 Å². The number of unbranched alkanes of at least 4 members (excludes halogenated alkanes) is 4. The Morgan fingerprint density at radius 2 is 1.40 bits per heavy atom. The van der Waals surface area contributed by atoms with E-state index in [-0.39, 0.29) is 5.82 Å². The minimum Gasteiger partial charge on any atom is -0.494 e. The second-order valence-corrected chi connectivity index (χ2v) is 8.66. The number of aromatic nitrogens is 1. The highest BCUT2D eigenvalue weighted by atomic mass is 16.5. The van der Waals surface area contributed by atoms with Crippen LogP contribution < -0.4 is 10.5 Å². The molecule has 0 aliphatic heterocycles. The lowest BCUT2D eigenvalue weighted by Crippen LogP contribution is -2.00. The first-order valence-electron chi connectivity index (χ1n) is 12.3. The fourth-order valence-corrected chi connectivity index (χ4v) is 4.15. The van der Waals surface area contributed by atoms with E-state index in [4.69, 9.17) is 10.5 Å². The van der Waals surface area contributed by atoms with Gasteiger partial charge in [0.05, 0.1) is 12.3 Å². The van der Waals surface area contributed by atoms with Crippen LogP contribution in [0.3, 0.4) is 0 Å². The summed E-state index contributed by atoms with van der Waals surface area (Å²) in [6.45, 7) is 2.94. The maximum absolute atomic E-state index is 9.75. The first kappa shape index (κ1) is 24.0. The number of pyridine rings is 1. The molecule has 0 bridgehead atoms. The van der Waals surface area contributed by atoms with Crippen LogP contribution in [-0.4, -0.2) is 11.6 Å². The molecule has 0 aliphatic carbocycles. The quantitative estimate of drug-likeness (QED) is 0.244. The van der Waals surface area contributed by atoms with Gasteiger partial charge in [0.25, 0.3) is 0 Å². The van der Waals surface area contributed by atoms with Crippen molar-refractivity contribution in [1.82, 2.24) is 4.98 Å². The summed E-state index contributed by atoms with van der Waals surface area (Å²) in [5, 5.41) is 9.75. The number of benzene rings is 3. The van der Waals surface area contributed by atoms with Gasteiger partial charge in [0, 0.05) is 11.1 Å². The van der Waals surface area contributed by atoms with Gasteiger partial charge in [-0.05, 0) is 41.3 Å². The molecule has 1 heterocycles. The molecule has 0 unspecified atom stereocenters. The Morgan fingerprint density at radius 1 is 0.771 bits per heavy atom.